The van der Waals surface area contributed by atoms with Crippen molar-refractivity contribution in [1.82, 2.24) is 15.3 Å². The van der Waals surface area contributed by atoms with Gasteiger partial charge < -0.3 is 19.6 Å². The lowest BCUT2D eigenvalue weighted by Crippen LogP contribution is -2.35. The van der Waals surface area contributed by atoms with E-state index in [1.807, 2.05) is 30.3 Å². The van der Waals surface area contributed by atoms with Crippen LogP contribution < -0.4 is 14.9 Å². The highest BCUT2D eigenvalue weighted by atomic mass is 32.2. The van der Waals surface area contributed by atoms with Gasteiger partial charge in [-0.25, -0.2) is 17.8 Å². The summed E-state index contributed by atoms with van der Waals surface area (Å²) in [7, 11) is -2.08. The largest absolute Gasteiger partial charge is 0.455 e. The summed E-state index contributed by atoms with van der Waals surface area (Å²) < 4.78 is 48.0. The number of nitrogens with zero attached hydrogens (tertiary/aromatic N) is 2. The molecule has 3 heterocycles. The number of halogens is 1. The van der Waals surface area contributed by atoms with Gasteiger partial charge in [0.1, 0.15) is 17.2 Å². The zero-order valence-electron chi connectivity index (χ0n) is 22.7. The predicted molar refractivity (Wildman–Crippen MR) is 158 cm³/mol. The molecule has 1 unspecified atom stereocenters. The highest BCUT2D eigenvalue weighted by Gasteiger charge is 2.29. The fourth-order valence-electron chi connectivity index (χ4n) is 5.49. The van der Waals surface area contributed by atoms with Crippen LogP contribution in [-0.4, -0.2) is 50.2 Å². The molecule has 41 heavy (non-hydrogen) atoms. The molecule has 1 atom stereocenters. The van der Waals surface area contributed by atoms with Gasteiger partial charge in [-0.2, -0.15) is 0 Å². The fourth-order valence-corrected chi connectivity index (χ4v) is 6.15. The lowest BCUT2D eigenvalue weighted by molar-refractivity contribution is 0.0964. The number of sulfonamides is 1. The average Bonchev–Trinajstić information content (AvgIpc) is 3.58. The first-order valence-corrected chi connectivity index (χ1v) is 15.2. The van der Waals surface area contributed by atoms with Crippen molar-refractivity contribution >= 4 is 49.6 Å². The Morgan fingerprint density at radius 3 is 2.68 bits per heavy atom. The molecule has 0 saturated carbocycles. The van der Waals surface area contributed by atoms with Crippen molar-refractivity contribution in [3.05, 3.63) is 77.6 Å². The van der Waals surface area contributed by atoms with E-state index >= 15 is 0 Å². The number of hydrogen-bond acceptors (Lipinski definition) is 6. The summed E-state index contributed by atoms with van der Waals surface area (Å²) in [6, 6.07) is 17.1. The molecule has 0 aliphatic carbocycles. The van der Waals surface area contributed by atoms with Crippen LogP contribution in [-0.2, 0) is 10.0 Å². The first-order valence-electron chi connectivity index (χ1n) is 13.5. The lowest BCUT2D eigenvalue weighted by atomic mass is 9.88. The quantitative estimate of drug-likeness (QED) is 0.232. The number of benzene rings is 3. The van der Waals surface area contributed by atoms with Gasteiger partial charge in [-0.15, -0.1) is 0 Å². The molecule has 1 amide bonds. The summed E-state index contributed by atoms with van der Waals surface area (Å²) >= 11 is 0. The number of para-hydroxylation sites is 2. The highest BCUT2D eigenvalue weighted by Crippen LogP contribution is 2.41. The van der Waals surface area contributed by atoms with Gasteiger partial charge in [-0.3, -0.25) is 9.52 Å². The van der Waals surface area contributed by atoms with Crippen molar-refractivity contribution in [1.29, 1.82) is 0 Å². The van der Waals surface area contributed by atoms with Gasteiger partial charge in [0.2, 0.25) is 16.0 Å². The molecule has 0 radical (unpaired) electrons. The summed E-state index contributed by atoms with van der Waals surface area (Å²) in [5, 5.41) is 3.23. The molecule has 1 aliphatic heterocycles. The summed E-state index contributed by atoms with van der Waals surface area (Å²) in [6.07, 6.45) is 1.69. The second kappa shape index (κ2) is 10.5. The maximum atomic E-state index is 13.7. The number of aromatic amines is 1. The zero-order valence-corrected chi connectivity index (χ0v) is 23.5. The Balaban J connectivity index is 1.48. The Morgan fingerprint density at radius 1 is 1.17 bits per heavy atom. The molecule has 3 N–H and O–H groups in total. The van der Waals surface area contributed by atoms with Gasteiger partial charge in [0.05, 0.1) is 28.0 Å². The topological polar surface area (TPSA) is 120 Å². The third-order valence-corrected chi connectivity index (χ3v) is 8.89. The van der Waals surface area contributed by atoms with E-state index in [-0.39, 0.29) is 23.3 Å². The molecule has 1 fully saturated rings. The molecule has 1 saturated heterocycles. The number of nitrogens with one attached hydrogen (secondary N) is 3. The maximum absolute atomic E-state index is 13.7. The number of H-pyrrole nitrogens is 1. The van der Waals surface area contributed by atoms with Crippen molar-refractivity contribution in [3.63, 3.8) is 0 Å². The van der Waals surface area contributed by atoms with E-state index in [0.717, 1.165) is 41.9 Å². The van der Waals surface area contributed by atoms with Crippen LogP contribution in [0.4, 0.5) is 16.0 Å². The Labute approximate surface area is 236 Å². The van der Waals surface area contributed by atoms with Crippen LogP contribution in [0, 0.1) is 5.82 Å². The molecule has 11 heteroatoms. The number of rotatable bonds is 7. The number of furan rings is 1. The summed E-state index contributed by atoms with van der Waals surface area (Å²) in [5.41, 5.74) is 4.21. The van der Waals surface area contributed by atoms with E-state index in [0.29, 0.717) is 34.3 Å². The van der Waals surface area contributed by atoms with Crippen LogP contribution in [0.1, 0.15) is 41.6 Å². The lowest BCUT2D eigenvalue weighted by Gasteiger charge is -2.33. The molecule has 2 aromatic heterocycles. The van der Waals surface area contributed by atoms with Crippen LogP contribution in [0.3, 0.4) is 0 Å². The van der Waals surface area contributed by atoms with Gasteiger partial charge in [-0.1, -0.05) is 12.1 Å². The molecule has 6 rings (SSSR count). The summed E-state index contributed by atoms with van der Waals surface area (Å²) in [4.78, 5) is 23.5. The van der Waals surface area contributed by atoms with Gasteiger partial charge >= 0.3 is 0 Å². The van der Waals surface area contributed by atoms with E-state index < -0.39 is 15.8 Å². The molecule has 212 valence electrons. The minimum atomic E-state index is -3.61. The standard InChI is InChI=1S/C30H30FN5O4S/c1-3-41(38,39)35-25-16-26-22(27(29(37)32-2)28(40-26)18-10-12-20(31)13-11-18)15-21(25)19-7-6-14-36(17-19)30-33-23-8-4-5-9-24(23)34-30/h4-5,8-13,15-16,19,35H,3,6-7,14,17H2,1-2H3,(H,32,37)(H,33,34). The normalized spacial score (nSPS) is 15.9. The van der Waals surface area contributed by atoms with Crippen molar-refractivity contribution in [2.45, 2.75) is 25.7 Å². The number of aromatic nitrogens is 2. The third kappa shape index (κ3) is 5.13. The highest BCUT2D eigenvalue weighted by molar-refractivity contribution is 7.92. The molecular weight excluding hydrogens is 545 g/mol. The molecular formula is C30H30FN5O4S. The van der Waals surface area contributed by atoms with Crippen LogP contribution in [0.2, 0.25) is 0 Å². The monoisotopic (exact) mass is 575 g/mol. The smallest absolute Gasteiger partial charge is 0.255 e. The first-order chi connectivity index (χ1) is 19.8. The number of imidazole rings is 1. The van der Waals surface area contributed by atoms with Gasteiger partial charge in [0, 0.05) is 43.1 Å². The summed E-state index contributed by atoms with van der Waals surface area (Å²) in [6.45, 7) is 2.98. The number of amides is 1. The SMILES string of the molecule is CCS(=O)(=O)Nc1cc2oc(-c3ccc(F)cc3)c(C(=O)NC)c2cc1C1CCCN(c2nc3ccccc3[nH]2)C1. The number of anilines is 2. The van der Waals surface area contributed by atoms with E-state index in [1.165, 1.54) is 19.2 Å². The average molecular weight is 576 g/mol. The summed E-state index contributed by atoms with van der Waals surface area (Å²) in [5.74, 6) is 0.134. The maximum Gasteiger partial charge on any atom is 0.255 e. The Bertz CT molecular complexity index is 1830. The van der Waals surface area contributed by atoms with Gasteiger partial charge in [0.25, 0.3) is 5.91 Å². The second-order valence-corrected chi connectivity index (χ2v) is 12.2. The second-order valence-electron chi connectivity index (χ2n) is 10.2. The van der Waals surface area contributed by atoms with E-state index in [2.05, 4.69) is 19.9 Å². The zero-order chi connectivity index (χ0) is 28.7. The molecule has 5 aromatic rings. The number of piperidine rings is 1. The molecule has 0 bridgehead atoms. The van der Waals surface area contributed by atoms with E-state index in [1.54, 1.807) is 25.1 Å². The third-order valence-electron chi connectivity index (χ3n) is 7.60. The van der Waals surface area contributed by atoms with Crippen molar-refractivity contribution in [2.24, 2.45) is 0 Å². The Hall–Kier alpha value is -4.38. The molecule has 3 aromatic carbocycles. The van der Waals surface area contributed by atoms with E-state index in [4.69, 9.17) is 9.40 Å². The Kier molecular flexibility index (Phi) is 6.90. The van der Waals surface area contributed by atoms with Crippen LogP contribution in [0.5, 0.6) is 0 Å². The molecule has 1 aliphatic rings. The first kappa shape index (κ1) is 26.8. The van der Waals surface area contributed by atoms with Crippen molar-refractivity contribution < 1.29 is 22.0 Å². The predicted octanol–water partition coefficient (Wildman–Crippen LogP) is 5.62. The van der Waals surface area contributed by atoms with Crippen LogP contribution >= 0.6 is 0 Å². The number of hydrogen-bond donors (Lipinski definition) is 3. The van der Waals surface area contributed by atoms with E-state index in [9.17, 15) is 17.6 Å². The van der Waals surface area contributed by atoms with Crippen molar-refractivity contribution in [2.75, 3.05) is 35.5 Å². The molecule has 0 spiro atoms. The number of carbonyl (C=O) groups excluding carboxylic acids is 1. The van der Waals surface area contributed by atoms with Crippen molar-refractivity contribution in [3.8, 4) is 11.3 Å². The fraction of sp³-hybridized carbons (Fsp3) is 0.267. The van der Waals surface area contributed by atoms with Crippen LogP contribution in [0.15, 0.2) is 65.1 Å². The Morgan fingerprint density at radius 2 is 1.95 bits per heavy atom. The number of fused-ring (bicyclic) bond motifs is 2. The number of carbonyl (C=O) groups is 1. The van der Waals surface area contributed by atoms with Gasteiger partial charge in [0.15, 0.2) is 0 Å². The van der Waals surface area contributed by atoms with Gasteiger partial charge in [-0.05, 0) is 67.8 Å². The van der Waals surface area contributed by atoms with Crippen LogP contribution in [0.25, 0.3) is 33.3 Å². The minimum Gasteiger partial charge on any atom is -0.455 e. The molecule has 9 nitrogen and oxygen atoms in total. The minimum absolute atomic E-state index is 0.0578.